The highest BCUT2D eigenvalue weighted by molar-refractivity contribution is 5.90. The SMILES string of the molecule is CC(=O)NC[C@H]1CN(c2ccc(C3C=CC=C(CNC(=O)Nc4ccncc4)C=C3)c(F)c2)C(=O)O1. The normalized spacial score (nSPS) is 18.8. The summed E-state index contributed by atoms with van der Waals surface area (Å²) >= 11 is 0. The topological polar surface area (TPSA) is 113 Å². The maximum Gasteiger partial charge on any atom is 0.414 e. The van der Waals surface area contributed by atoms with Crippen molar-refractivity contribution < 1.29 is 23.5 Å². The number of allylic oxidation sites excluding steroid dienone is 4. The molecule has 4 amide bonds. The molecule has 1 saturated heterocycles. The number of anilines is 2. The summed E-state index contributed by atoms with van der Waals surface area (Å²) in [5.41, 5.74) is 2.32. The lowest BCUT2D eigenvalue weighted by Gasteiger charge is -2.16. The van der Waals surface area contributed by atoms with Gasteiger partial charge in [-0.2, -0.15) is 0 Å². The zero-order valence-electron chi connectivity index (χ0n) is 19.6. The molecule has 186 valence electrons. The number of hydrogen-bond acceptors (Lipinski definition) is 5. The Morgan fingerprint density at radius 3 is 2.72 bits per heavy atom. The molecule has 1 unspecified atom stereocenters. The van der Waals surface area contributed by atoms with E-state index in [2.05, 4.69) is 20.9 Å². The van der Waals surface area contributed by atoms with E-state index in [4.69, 9.17) is 4.74 Å². The predicted octanol–water partition coefficient (Wildman–Crippen LogP) is 3.64. The Kier molecular flexibility index (Phi) is 7.74. The van der Waals surface area contributed by atoms with Gasteiger partial charge in [-0.05, 0) is 35.4 Å². The molecule has 2 aromatic rings. The van der Waals surface area contributed by atoms with Crippen molar-refractivity contribution >= 4 is 29.4 Å². The average Bonchev–Trinajstić information content (AvgIpc) is 3.07. The molecule has 0 spiro atoms. The molecule has 2 aliphatic rings. The first kappa shape index (κ1) is 24.6. The van der Waals surface area contributed by atoms with Gasteiger partial charge in [0.15, 0.2) is 0 Å². The molecule has 3 N–H and O–H groups in total. The molecule has 36 heavy (non-hydrogen) atoms. The largest absolute Gasteiger partial charge is 0.442 e. The van der Waals surface area contributed by atoms with Crippen LogP contribution in [-0.4, -0.2) is 48.8 Å². The molecule has 1 aromatic heterocycles. The monoisotopic (exact) mass is 491 g/mol. The molecule has 0 radical (unpaired) electrons. The molecule has 2 heterocycles. The molecule has 4 rings (SSSR count). The Bertz CT molecular complexity index is 1230. The van der Waals surface area contributed by atoms with Crippen LogP contribution in [0.3, 0.4) is 0 Å². The lowest BCUT2D eigenvalue weighted by molar-refractivity contribution is -0.119. The Labute approximate surface area is 207 Å². The molecule has 0 saturated carbocycles. The van der Waals surface area contributed by atoms with Crippen molar-refractivity contribution in [2.24, 2.45) is 0 Å². The van der Waals surface area contributed by atoms with Gasteiger partial charge in [-0.15, -0.1) is 0 Å². The molecule has 10 heteroatoms. The second-order valence-electron chi connectivity index (χ2n) is 8.31. The van der Waals surface area contributed by atoms with E-state index in [0.717, 1.165) is 5.57 Å². The minimum absolute atomic E-state index is 0.200. The van der Waals surface area contributed by atoms with E-state index in [1.807, 2.05) is 30.4 Å². The molecule has 1 fully saturated rings. The van der Waals surface area contributed by atoms with Crippen molar-refractivity contribution in [3.63, 3.8) is 0 Å². The molecular formula is C26H26FN5O4. The van der Waals surface area contributed by atoms with Gasteiger partial charge in [-0.3, -0.25) is 14.7 Å². The van der Waals surface area contributed by atoms with Gasteiger partial charge in [-0.1, -0.05) is 36.4 Å². The van der Waals surface area contributed by atoms with Crippen molar-refractivity contribution in [2.75, 3.05) is 29.9 Å². The smallest absolute Gasteiger partial charge is 0.414 e. The molecular weight excluding hydrogens is 465 g/mol. The van der Waals surface area contributed by atoms with Gasteiger partial charge >= 0.3 is 12.1 Å². The number of hydrogen-bond donors (Lipinski definition) is 3. The molecule has 2 atom stereocenters. The first-order valence-corrected chi connectivity index (χ1v) is 11.4. The summed E-state index contributed by atoms with van der Waals surface area (Å²) in [6, 6.07) is 7.66. The fourth-order valence-corrected chi connectivity index (χ4v) is 3.81. The van der Waals surface area contributed by atoms with Crippen molar-refractivity contribution in [3.8, 4) is 0 Å². The number of carbonyl (C=O) groups excluding carboxylic acids is 3. The summed E-state index contributed by atoms with van der Waals surface area (Å²) in [4.78, 5) is 40.7. The van der Waals surface area contributed by atoms with Crippen LogP contribution >= 0.6 is 0 Å². The van der Waals surface area contributed by atoms with Crippen LogP contribution in [0.5, 0.6) is 0 Å². The van der Waals surface area contributed by atoms with Gasteiger partial charge in [0.05, 0.1) is 18.8 Å². The fraction of sp³-hybridized carbons (Fsp3) is 0.231. The van der Waals surface area contributed by atoms with Gasteiger partial charge in [0.25, 0.3) is 0 Å². The van der Waals surface area contributed by atoms with Crippen LogP contribution in [0.4, 0.5) is 25.4 Å². The van der Waals surface area contributed by atoms with Gasteiger partial charge in [-0.25, -0.2) is 14.0 Å². The Morgan fingerprint density at radius 2 is 1.97 bits per heavy atom. The number of aromatic nitrogens is 1. The lowest BCUT2D eigenvalue weighted by Crippen LogP contribution is -2.33. The highest BCUT2D eigenvalue weighted by atomic mass is 19.1. The number of halogens is 1. The summed E-state index contributed by atoms with van der Waals surface area (Å²) in [7, 11) is 0. The number of cyclic esters (lactones) is 1. The van der Waals surface area contributed by atoms with E-state index in [1.165, 1.54) is 17.9 Å². The lowest BCUT2D eigenvalue weighted by atomic mass is 9.97. The quantitative estimate of drug-likeness (QED) is 0.548. The third kappa shape index (κ3) is 6.35. The van der Waals surface area contributed by atoms with E-state index in [-0.39, 0.29) is 30.9 Å². The number of pyridine rings is 1. The van der Waals surface area contributed by atoms with Crippen molar-refractivity contribution in [1.82, 2.24) is 15.6 Å². The van der Waals surface area contributed by atoms with E-state index in [1.54, 1.807) is 36.7 Å². The van der Waals surface area contributed by atoms with Crippen LogP contribution < -0.4 is 20.9 Å². The van der Waals surface area contributed by atoms with Crippen LogP contribution in [0.25, 0.3) is 0 Å². The van der Waals surface area contributed by atoms with Gasteiger partial charge < -0.3 is 20.7 Å². The zero-order chi connectivity index (χ0) is 25.5. The number of ether oxygens (including phenoxy) is 1. The zero-order valence-corrected chi connectivity index (χ0v) is 19.6. The standard InChI is InChI=1S/C26H26FN5O4/c1-17(33)29-15-22-16-32(26(35)36-22)21-7-8-23(24(27)13-21)19-4-2-3-18(5-6-19)14-30-25(34)31-20-9-11-28-12-10-20/h2-13,19,22H,14-16H2,1H3,(H,29,33)(H2,28,30,31,34)/t19?,22-/m0/s1. The fourth-order valence-electron chi connectivity index (χ4n) is 3.81. The van der Waals surface area contributed by atoms with Crippen LogP contribution in [0, 0.1) is 5.82 Å². The van der Waals surface area contributed by atoms with Crippen molar-refractivity contribution in [3.05, 3.63) is 90.1 Å². The second kappa shape index (κ2) is 11.3. The van der Waals surface area contributed by atoms with E-state index < -0.39 is 18.0 Å². The maximum atomic E-state index is 15.1. The molecule has 1 aliphatic heterocycles. The number of carbonyl (C=O) groups is 3. The van der Waals surface area contributed by atoms with Gasteiger partial charge in [0.2, 0.25) is 5.91 Å². The number of amides is 4. The first-order chi connectivity index (χ1) is 17.4. The summed E-state index contributed by atoms with van der Waals surface area (Å²) < 4.78 is 20.3. The Balaban J connectivity index is 1.34. The van der Waals surface area contributed by atoms with Crippen LogP contribution in [0.2, 0.25) is 0 Å². The minimum Gasteiger partial charge on any atom is -0.442 e. The number of nitrogens with one attached hydrogen (secondary N) is 3. The summed E-state index contributed by atoms with van der Waals surface area (Å²) in [5, 5.41) is 8.12. The summed E-state index contributed by atoms with van der Waals surface area (Å²) in [6.07, 6.45) is 11.3. The number of benzene rings is 1. The van der Waals surface area contributed by atoms with Gasteiger partial charge in [0, 0.05) is 37.5 Å². The molecule has 9 nitrogen and oxygen atoms in total. The van der Waals surface area contributed by atoms with E-state index >= 15 is 4.39 Å². The van der Waals surface area contributed by atoms with E-state index in [9.17, 15) is 14.4 Å². The minimum atomic E-state index is -0.582. The predicted molar refractivity (Wildman–Crippen MR) is 133 cm³/mol. The van der Waals surface area contributed by atoms with Crippen molar-refractivity contribution in [1.29, 1.82) is 0 Å². The highest BCUT2D eigenvalue weighted by Gasteiger charge is 2.32. The number of nitrogens with zero attached hydrogens (tertiary/aromatic N) is 2. The molecule has 0 bridgehead atoms. The average molecular weight is 492 g/mol. The molecule has 1 aromatic carbocycles. The van der Waals surface area contributed by atoms with Gasteiger partial charge in [0.1, 0.15) is 11.9 Å². The summed E-state index contributed by atoms with van der Waals surface area (Å²) in [6.45, 7) is 2.10. The second-order valence-corrected chi connectivity index (χ2v) is 8.31. The third-order valence-corrected chi connectivity index (χ3v) is 5.65. The highest BCUT2D eigenvalue weighted by Crippen LogP contribution is 2.29. The van der Waals surface area contributed by atoms with Crippen LogP contribution in [-0.2, 0) is 9.53 Å². The van der Waals surface area contributed by atoms with E-state index in [0.29, 0.717) is 23.5 Å². The Hall–Kier alpha value is -4.47. The Morgan fingerprint density at radius 1 is 1.17 bits per heavy atom. The molecule has 1 aliphatic carbocycles. The number of rotatable bonds is 7. The van der Waals surface area contributed by atoms with Crippen LogP contribution in [0.15, 0.2) is 78.7 Å². The third-order valence-electron chi connectivity index (χ3n) is 5.65. The maximum absolute atomic E-state index is 15.1. The first-order valence-electron chi connectivity index (χ1n) is 11.4. The summed E-state index contributed by atoms with van der Waals surface area (Å²) in [5.74, 6) is -0.995. The number of urea groups is 1. The van der Waals surface area contributed by atoms with Crippen LogP contribution in [0.1, 0.15) is 18.4 Å². The van der Waals surface area contributed by atoms with Crippen molar-refractivity contribution in [2.45, 2.75) is 18.9 Å².